The molecule has 3 aliphatic rings. The summed E-state index contributed by atoms with van der Waals surface area (Å²) >= 11 is 0. The van der Waals surface area contributed by atoms with Crippen LogP contribution in [-0.4, -0.2) is 85.3 Å². The summed E-state index contributed by atoms with van der Waals surface area (Å²) in [5.41, 5.74) is 1.22. The predicted octanol–water partition coefficient (Wildman–Crippen LogP) is 0.737. The largest absolute Gasteiger partial charge is 0.483 e. The third-order valence-corrected chi connectivity index (χ3v) is 6.59. The maximum atomic E-state index is 13.2. The van der Waals surface area contributed by atoms with Gasteiger partial charge in [-0.3, -0.25) is 14.5 Å². The molecular formula is C20H27N5O4. The topological polar surface area (TPSA) is 111 Å². The van der Waals surface area contributed by atoms with Crippen molar-refractivity contribution in [2.45, 2.75) is 37.8 Å². The molecule has 29 heavy (non-hydrogen) atoms. The van der Waals surface area contributed by atoms with Gasteiger partial charge in [0.25, 0.3) is 12.4 Å². The number of aliphatic hydroxyl groups excluding tert-OH is 1. The molecule has 3 fully saturated rings. The number of imidazole rings is 1. The molecule has 4 atom stereocenters. The number of piperidine rings is 3. The smallest absolute Gasteiger partial charge is 0.290 e. The fourth-order valence-electron chi connectivity index (χ4n) is 5.46. The molecule has 1 amide bonds. The van der Waals surface area contributed by atoms with Crippen LogP contribution in [0.2, 0.25) is 0 Å². The van der Waals surface area contributed by atoms with Gasteiger partial charge >= 0.3 is 0 Å². The minimum Gasteiger partial charge on any atom is -0.483 e. The number of nitrogens with zero attached hydrogens (tertiary/aromatic N) is 5. The Morgan fingerprint density at radius 1 is 1.28 bits per heavy atom. The summed E-state index contributed by atoms with van der Waals surface area (Å²) in [6, 6.07) is 4.38. The van der Waals surface area contributed by atoms with E-state index in [0.717, 1.165) is 19.5 Å². The van der Waals surface area contributed by atoms with E-state index < -0.39 is 0 Å². The zero-order valence-corrected chi connectivity index (χ0v) is 16.3. The molecule has 0 unspecified atom stereocenters. The van der Waals surface area contributed by atoms with Gasteiger partial charge in [-0.1, -0.05) is 6.42 Å². The quantitative estimate of drug-likeness (QED) is 0.714. The lowest BCUT2D eigenvalue weighted by atomic mass is 9.72. The summed E-state index contributed by atoms with van der Waals surface area (Å²) in [6.45, 7) is 2.54. The van der Waals surface area contributed by atoms with Crippen molar-refractivity contribution in [3.8, 4) is 0 Å². The zero-order chi connectivity index (χ0) is 20.4. The third-order valence-electron chi connectivity index (χ3n) is 6.59. The fourth-order valence-corrected chi connectivity index (χ4v) is 5.46. The summed E-state index contributed by atoms with van der Waals surface area (Å²) in [4.78, 5) is 30.4. The van der Waals surface area contributed by atoms with Crippen molar-refractivity contribution < 1.29 is 19.8 Å². The Labute approximate surface area is 168 Å². The second kappa shape index (κ2) is 8.46. The maximum absolute atomic E-state index is 13.2. The van der Waals surface area contributed by atoms with E-state index in [0.29, 0.717) is 35.8 Å². The van der Waals surface area contributed by atoms with Gasteiger partial charge in [-0.05, 0) is 49.8 Å². The Kier molecular flexibility index (Phi) is 5.77. The first-order valence-corrected chi connectivity index (χ1v) is 10.2. The molecular weight excluding hydrogens is 374 g/mol. The molecule has 3 saturated heterocycles. The van der Waals surface area contributed by atoms with E-state index in [1.165, 1.54) is 19.3 Å². The first-order valence-electron chi connectivity index (χ1n) is 10.2. The van der Waals surface area contributed by atoms with Crippen LogP contribution in [0.25, 0.3) is 5.65 Å². The summed E-state index contributed by atoms with van der Waals surface area (Å²) < 4.78 is 1.63. The van der Waals surface area contributed by atoms with Crippen LogP contribution in [-0.2, 0) is 4.79 Å². The van der Waals surface area contributed by atoms with Gasteiger partial charge in [0.1, 0.15) is 0 Å². The van der Waals surface area contributed by atoms with E-state index >= 15 is 0 Å². The Morgan fingerprint density at radius 3 is 2.86 bits per heavy atom. The van der Waals surface area contributed by atoms with Gasteiger partial charge < -0.3 is 15.1 Å². The maximum Gasteiger partial charge on any atom is 0.290 e. The van der Waals surface area contributed by atoms with Crippen LogP contribution in [0.4, 0.5) is 0 Å². The lowest BCUT2D eigenvalue weighted by molar-refractivity contribution is -0.122. The van der Waals surface area contributed by atoms with Crippen molar-refractivity contribution in [1.82, 2.24) is 24.4 Å². The van der Waals surface area contributed by atoms with E-state index in [2.05, 4.69) is 15.0 Å². The van der Waals surface area contributed by atoms with Gasteiger partial charge in [0.15, 0.2) is 11.3 Å². The van der Waals surface area contributed by atoms with Crippen LogP contribution in [0, 0.1) is 11.8 Å². The fraction of sp³-hybridized carbons (Fsp3) is 0.600. The number of hydrogen-bond donors (Lipinski definition) is 2. The Balaban J connectivity index is 0.000000645. The van der Waals surface area contributed by atoms with Crippen LogP contribution >= 0.6 is 0 Å². The van der Waals surface area contributed by atoms with Gasteiger partial charge in [0.2, 0.25) is 0 Å². The van der Waals surface area contributed by atoms with E-state index in [1.807, 2.05) is 17.0 Å². The molecule has 2 aromatic heterocycles. The molecule has 2 N–H and O–H groups in total. The second-order valence-electron chi connectivity index (χ2n) is 8.06. The highest BCUT2D eigenvalue weighted by Gasteiger charge is 2.47. The minimum absolute atomic E-state index is 0.00634. The van der Waals surface area contributed by atoms with E-state index in [-0.39, 0.29) is 25.0 Å². The van der Waals surface area contributed by atoms with E-state index in [4.69, 9.17) is 9.90 Å². The van der Waals surface area contributed by atoms with Crippen molar-refractivity contribution in [1.29, 1.82) is 0 Å². The number of hydrogen-bond acceptors (Lipinski definition) is 6. The highest BCUT2D eigenvalue weighted by molar-refractivity contribution is 5.93. The Hall–Kier alpha value is -2.52. The zero-order valence-electron chi connectivity index (χ0n) is 16.3. The Bertz CT molecular complexity index is 857. The number of carbonyl (C=O) groups is 2. The number of rotatable bonds is 2. The van der Waals surface area contributed by atoms with Crippen molar-refractivity contribution >= 4 is 18.0 Å². The van der Waals surface area contributed by atoms with E-state index in [9.17, 15) is 9.90 Å². The first kappa shape index (κ1) is 19.8. The predicted molar refractivity (Wildman–Crippen MR) is 104 cm³/mol. The molecule has 9 heteroatoms. The molecule has 0 aliphatic carbocycles. The van der Waals surface area contributed by atoms with Crippen molar-refractivity contribution in [3.63, 3.8) is 0 Å². The van der Waals surface area contributed by atoms with Crippen LogP contribution in [0.5, 0.6) is 0 Å². The van der Waals surface area contributed by atoms with Gasteiger partial charge in [0.05, 0.1) is 12.8 Å². The van der Waals surface area contributed by atoms with Crippen LogP contribution < -0.4 is 0 Å². The lowest BCUT2D eigenvalue weighted by Crippen LogP contribution is -2.65. The molecule has 2 aromatic rings. The molecule has 0 radical (unpaired) electrons. The number of likely N-dealkylation sites (tertiary alicyclic amines) is 1. The number of aromatic nitrogens is 3. The minimum atomic E-state index is -0.250. The SMILES string of the molecule is O=C(c1cnc2cccnn12)N1C[C@H]2C[C@@H](C1)[C@H](CO)N1CCCC[C@@H]21.O=CO. The second-order valence-corrected chi connectivity index (χ2v) is 8.06. The summed E-state index contributed by atoms with van der Waals surface area (Å²) in [6.07, 6.45) is 8.10. The van der Waals surface area contributed by atoms with Gasteiger partial charge in [-0.2, -0.15) is 5.10 Å². The lowest BCUT2D eigenvalue weighted by Gasteiger charge is -2.56. The third kappa shape index (κ3) is 3.60. The highest BCUT2D eigenvalue weighted by Crippen LogP contribution is 2.41. The highest BCUT2D eigenvalue weighted by atomic mass is 16.3. The number of carbonyl (C=O) groups excluding carboxylic acids is 1. The number of amides is 1. The molecule has 0 spiro atoms. The summed E-state index contributed by atoms with van der Waals surface area (Å²) in [7, 11) is 0. The molecule has 3 aliphatic heterocycles. The van der Waals surface area contributed by atoms with Crippen LogP contribution in [0.15, 0.2) is 24.5 Å². The molecule has 156 valence electrons. The Morgan fingerprint density at radius 2 is 2.07 bits per heavy atom. The van der Waals surface area contributed by atoms with Gasteiger partial charge in [-0.15, -0.1) is 0 Å². The van der Waals surface area contributed by atoms with Crippen molar-refractivity contribution in [2.24, 2.45) is 11.8 Å². The number of aliphatic hydroxyl groups is 1. The molecule has 9 nitrogen and oxygen atoms in total. The summed E-state index contributed by atoms with van der Waals surface area (Å²) in [5, 5.41) is 21.2. The van der Waals surface area contributed by atoms with Crippen LogP contribution in [0.1, 0.15) is 36.2 Å². The molecule has 0 aromatic carbocycles. The monoisotopic (exact) mass is 401 g/mol. The van der Waals surface area contributed by atoms with E-state index in [1.54, 1.807) is 16.9 Å². The van der Waals surface area contributed by atoms with Gasteiger partial charge in [-0.25, -0.2) is 9.50 Å². The standard InChI is InChI=1S/C19H25N5O2.CH2O2/c25-12-17-14-8-13(15-4-1-2-7-23(15)17)10-22(11-14)19(26)16-9-20-18-5-3-6-21-24(16)18;2-1-3/h3,5-6,9,13-15,17,25H,1-2,4,7-8,10-12H2;1H,(H,2,3)/t13-,14+,15+,17+;/m1./s1. The normalized spacial score (nSPS) is 28.9. The average Bonchev–Trinajstić information content (AvgIpc) is 3.18. The summed E-state index contributed by atoms with van der Waals surface area (Å²) in [5.74, 6) is 0.865. The molecule has 5 heterocycles. The van der Waals surface area contributed by atoms with Crippen molar-refractivity contribution in [3.05, 3.63) is 30.2 Å². The number of carboxylic acid groups (broad SMARTS) is 1. The number of fused-ring (bicyclic) bond motifs is 5. The molecule has 2 bridgehead atoms. The van der Waals surface area contributed by atoms with Crippen LogP contribution in [0.3, 0.4) is 0 Å². The van der Waals surface area contributed by atoms with Crippen molar-refractivity contribution in [2.75, 3.05) is 26.2 Å². The molecule has 0 saturated carbocycles. The molecule has 5 rings (SSSR count). The first-order chi connectivity index (χ1) is 14.2. The van der Waals surface area contributed by atoms with Gasteiger partial charge in [0, 0.05) is 31.4 Å². The average molecular weight is 401 g/mol.